The molecule has 0 saturated carbocycles. The van der Waals surface area contributed by atoms with E-state index in [2.05, 4.69) is 56.1 Å². The fraction of sp³-hybridized carbons (Fsp3) is 0.902. The van der Waals surface area contributed by atoms with E-state index < -0.39 is 64.0 Å². The molecule has 0 bridgehead atoms. The molecule has 25 nitrogen and oxygen atoms in total. The van der Waals surface area contributed by atoms with Gasteiger partial charge in [0.2, 0.25) is 29.5 Å². The highest BCUT2D eigenvalue weighted by molar-refractivity contribution is 7.86. The summed E-state index contributed by atoms with van der Waals surface area (Å²) in [5.74, 6) is -2.77. The van der Waals surface area contributed by atoms with Crippen molar-refractivity contribution in [1.29, 1.82) is 0 Å². The van der Waals surface area contributed by atoms with Crippen molar-refractivity contribution in [3.63, 3.8) is 0 Å². The van der Waals surface area contributed by atoms with Gasteiger partial charge in [-0.1, -0.05) is 39.5 Å². The van der Waals surface area contributed by atoms with Crippen LogP contribution < -0.4 is 21.3 Å². The molecular weight excluding hydrogens is 1000 g/mol. The molecule has 5 N–H and O–H groups in total. The van der Waals surface area contributed by atoms with E-state index in [9.17, 15) is 66.5 Å². The monoisotopic (exact) mass is 1090 g/mol. The van der Waals surface area contributed by atoms with Gasteiger partial charge in [-0.05, 0) is 19.8 Å². The molecule has 70 heavy (non-hydrogen) atoms. The summed E-state index contributed by atoms with van der Waals surface area (Å²) >= 11 is 0. The third kappa shape index (κ3) is 46.4. The number of hydrogen-bond donors (Lipinski definition) is 5. The maximum absolute atomic E-state index is 11.8. The predicted molar refractivity (Wildman–Crippen MR) is 264 cm³/mol. The largest absolute Gasteiger partial charge is 0.744 e. The molecule has 0 radical (unpaired) electrons. The van der Waals surface area contributed by atoms with Crippen LogP contribution in [0.5, 0.6) is 0 Å². The van der Waals surface area contributed by atoms with Crippen molar-refractivity contribution in [2.24, 2.45) is 0 Å². The zero-order valence-electron chi connectivity index (χ0n) is 44.1. The van der Waals surface area contributed by atoms with Crippen molar-refractivity contribution in [3.05, 3.63) is 0 Å². The molecule has 0 aliphatic carbocycles. The Morgan fingerprint density at radius 2 is 0.729 bits per heavy atom. The first-order valence-corrected chi connectivity index (χ1v) is 29.8. The normalized spacial score (nSPS) is 15.0. The van der Waals surface area contributed by atoms with Gasteiger partial charge in [0.25, 0.3) is 0 Å². The molecule has 0 rings (SSSR count). The fourth-order valence-corrected chi connectivity index (χ4v) is 10.8. The standard InChI is InChI=1S/C16H35N3O4S.C14H29N3O5S.C11H25N3O7S2/c1-6-8-9-10-16(20)17-11-12-19(5,15-24(21,22)23)14-13-18(3,4)7-2;1-4-5-6-7-14(19)16-9-11-17(3,12-23(20,21)22)10-8-15-13(2)18;1-11(15)12-5-6-14(4,10-23(19,20)21)8-7-13(2,3)9-22(16,17)18/h6-15H2,1-5H3;4-12H2,1-3H3,(H2-,15,16,18,19,20,21,22);5-10H2,1-4H3,(H-2,12,15,16,17,18,19,20,21)/p+2. The lowest BCUT2D eigenvalue weighted by atomic mass is 10.2. The van der Waals surface area contributed by atoms with Gasteiger partial charge in [-0.3, -0.25) is 23.7 Å². The topological polar surface area (TPSA) is 342 Å². The molecule has 3 unspecified atom stereocenters. The van der Waals surface area contributed by atoms with Crippen molar-refractivity contribution in [2.75, 3.05) is 158 Å². The van der Waals surface area contributed by atoms with Crippen LogP contribution in [0.25, 0.3) is 0 Å². The quantitative estimate of drug-likeness (QED) is 0.0274. The second-order valence-corrected chi connectivity index (χ2v) is 25.7. The molecule has 0 aromatic carbocycles. The Balaban J connectivity index is -0.000000962. The third-order valence-electron chi connectivity index (χ3n) is 11.3. The number of quaternary nitrogens is 5. The minimum absolute atomic E-state index is 0.00958. The number of carbonyl (C=O) groups is 4. The smallest absolute Gasteiger partial charge is 0.316 e. The lowest BCUT2D eigenvalue weighted by molar-refractivity contribution is -0.948. The number of nitrogens with zero attached hydrogens (tertiary/aromatic N) is 5. The molecule has 0 fully saturated rings. The Morgan fingerprint density at radius 1 is 0.429 bits per heavy atom. The number of unbranched alkanes of at least 4 members (excludes halogenated alkanes) is 4. The van der Waals surface area contributed by atoms with E-state index >= 15 is 0 Å². The van der Waals surface area contributed by atoms with Crippen molar-refractivity contribution < 1.29 is 93.5 Å². The highest BCUT2D eigenvalue weighted by Crippen LogP contribution is 2.11. The van der Waals surface area contributed by atoms with Crippen molar-refractivity contribution >= 4 is 64.1 Å². The molecule has 0 spiro atoms. The van der Waals surface area contributed by atoms with Crippen LogP contribution >= 0.6 is 0 Å². The van der Waals surface area contributed by atoms with Crippen LogP contribution in [0.2, 0.25) is 0 Å². The first-order valence-electron chi connectivity index (χ1n) is 23.5. The Bertz CT molecular complexity index is 2030. The van der Waals surface area contributed by atoms with Gasteiger partial charge in [-0.2, -0.15) is 8.42 Å². The van der Waals surface area contributed by atoms with E-state index in [4.69, 9.17) is 4.55 Å². The average molecular weight is 1090 g/mol. The maximum atomic E-state index is 11.8. The number of likely N-dealkylation sites (N-methyl/N-ethyl adjacent to an activating group) is 5. The van der Waals surface area contributed by atoms with Crippen molar-refractivity contribution in [2.45, 2.75) is 86.0 Å². The summed E-state index contributed by atoms with van der Waals surface area (Å²) in [6.45, 7) is 14.0. The van der Waals surface area contributed by atoms with Crippen LogP contribution in [0.3, 0.4) is 0 Å². The average Bonchev–Trinajstić information content (AvgIpc) is 3.14. The summed E-state index contributed by atoms with van der Waals surface area (Å²) in [6.07, 6.45) is 6.76. The van der Waals surface area contributed by atoms with Crippen LogP contribution in [-0.4, -0.2) is 256 Å². The molecular formula is C41H91N9O16S4+2. The number of hydrogen-bond acceptors (Lipinski definition) is 15. The molecule has 29 heteroatoms. The van der Waals surface area contributed by atoms with Gasteiger partial charge in [0.05, 0.1) is 108 Å². The molecule has 0 heterocycles. The van der Waals surface area contributed by atoms with Gasteiger partial charge in [0, 0.05) is 26.7 Å². The van der Waals surface area contributed by atoms with Crippen LogP contribution in [0.1, 0.15) is 86.0 Å². The number of rotatable bonds is 35. The molecule has 0 saturated heterocycles. The molecule has 418 valence electrons. The summed E-state index contributed by atoms with van der Waals surface area (Å²) in [6, 6.07) is 0. The predicted octanol–water partition coefficient (Wildman–Crippen LogP) is -1.51. The Hall–Kier alpha value is -2.68. The number of amides is 4. The molecule has 0 aromatic heterocycles. The molecule has 0 aliphatic rings. The van der Waals surface area contributed by atoms with Gasteiger partial charge in [0.1, 0.15) is 56.5 Å². The first kappa shape index (κ1) is 71.6. The van der Waals surface area contributed by atoms with Gasteiger partial charge < -0.3 is 57.3 Å². The molecule has 4 amide bonds. The van der Waals surface area contributed by atoms with Gasteiger partial charge in [-0.15, -0.1) is 0 Å². The second-order valence-electron chi connectivity index (χ2n) is 20.2. The minimum Gasteiger partial charge on any atom is -0.744 e. The summed E-state index contributed by atoms with van der Waals surface area (Å²) in [4.78, 5) is 45.2. The molecule has 0 aromatic rings. The minimum atomic E-state index is -4.42. The molecule has 0 aliphatic heterocycles. The maximum Gasteiger partial charge on any atom is 0.316 e. The van der Waals surface area contributed by atoms with Crippen LogP contribution in [0.15, 0.2) is 0 Å². The third-order valence-corrected chi connectivity index (χ3v) is 15.1. The Labute approximate surface area is 421 Å². The van der Waals surface area contributed by atoms with E-state index in [1.807, 2.05) is 0 Å². The summed E-state index contributed by atoms with van der Waals surface area (Å²) in [5.41, 5.74) is 0. The zero-order valence-corrected chi connectivity index (χ0v) is 47.4. The van der Waals surface area contributed by atoms with E-state index in [1.165, 1.54) is 13.8 Å². The van der Waals surface area contributed by atoms with E-state index in [1.54, 1.807) is 35.2 Å². The highest BCUT2D eigenvalue weighted by Gasteiger charge is 2.32. The number of nitrogens with one attached hydrogen (secondary N) is 4. The summed E-state index contributed by atoms with van der Waals surface area (Å²) < 4.78 is 132. The van der Waals surface area contributed by atoms with Gasteiger partial charge >= 0.3 is 10.1 Å². The van der Waals surface area contributed by atoms with Crippen LogP contribution in [0, 0.1) is 0 Å². The van der Waals surface area contributed by atoms with Gasteiger partial charge in [0.15, 0.2) is 17.6 Å². The highest BCUT2D eigenvalue weighted by atomic mass is 32.2. The lowest BCUT2D eigenvalue weighted by Gasteiger charge is -2.38. The van der Waals surface area contributed by atoms with E-state index in [0.717, 1.165) is 56.1 Å². The summed E-state index contributed by atoms with van der Waals surface area (Å²) in [7, 11) is -5.21. The van der Waals surface area contributed by atoms with Crippen LogP contribution in [-0.2, 0) is 59.7 Å². The van der Waals surface area contributed by atoms with Crippen molar-refractivity contribution in [1.82, 2.24) is 21.3 Å². The van der Waals surface area contributed by atoms with Crippen LogP contribution in [0.4, 0.5) is 0 Å². The first-order chi connectivity index (χ1) is 31.5. The second kappa shape index (κ2) is 33.2. The van der Waals surface area contributed by atoms with E-state index in [-0.39, 0.29) is 80.8 Å². The Morgan fingerprint density at radius 3 is 1.01 bits per heavy atom. The lowest BCUT2D eigenvalue weighted by Crippen LogP contribution is -2.57. The number of carbonyl (C=O) groups excluding carboxylic acids is 4. The fourth-order valence-electron chi connectivity index (χ4n) is 6.74. The molecule has 3 atom stereocenters. The SMILES string of the molecule is CC(=O)NCC[N+](C)(CC[N+](C)(C)CS(=O)(=O)[O-])CS(=O)(=O)O.CCCCCC(=O)NCC[N+](C)(CCNC(C)=O)CS(=O)(=O)[O-].CCCCCC(=O)NCC[N+](C)(CC[N+](C)(C)CC)CS(=O)(=O)[O-]. The van der Waals surface area contributed by atoms with E-state index in [0.29, 0.717) is 45.6 Å². The zero-order chi connectivity index (χ0) is 55.3. The van der Waals surface area contributed by atoms with Gasteiger partial charge in [-0.25, -0.2) is 25.3 Å². The van der Waals surface area contributed by atoms with Crippen molar-refractivity contribution in [3.8, 4) is 0 Å². The Kier molecular flexibility index (Phi) is 33.9. The summed E-state index contributed by atoms with van der Waals surface area (Å²) in [5, 5.41) is 10.7.